The lowest BCUT2D eigenvalue weighted by molar-refractivity contribution is -0.142. The second kappa shape index (κ2) is 12.0. The van der Waals surface area contributed by atoms with Crippen LogP contribution in [0.3, 0.4) is 0 Å². The number of carbonyl (C=O) groups is 3. The fourth-order valence-electron chi connectivity index (χ4n) is 4.65. The topological polar surface area (TPSA) is 137 Å². The largest absolute Gasteiger partial charge is 0.391 e. The van der Waals surface area contributed by atoms with Crippen molar-refractivity contribution in [2.45, 2.75) is 65.3 Å². The van der Waals surface area contributed by atoms with Crippen LogP contribution in [0.5, 0.6) is 0 Å². The summed E-state index contributed by atoms with van der Waals surface area (Å²) in [6.45, 7) is 9.25. The molecule has 4 rings (SSSR count). The van der Waals surface area contributed by atoms with Gasteiger partial charge in [-0.2, -0.15) is 0 Å². The van der Waals surface area contributed by atoms with Crippen molar-refractivity contribution in [1.29, 1.82) is 0 Å². The Kier molecular flexibility index (Phi) is 8.86. The van der Waals surface area contributed by atoms with E-state index in [1.165, 1.54) is 17.3 Å². The molecular formula is C28H33ClN6O4S. The molecule has 0 bridgehead atoms. The van der Waals surface area contributed by atoms with Gasteiger partial charge in [0.1, 0.15) is 22.9 Å². The fraction of sp³-hybridized carbons (Fsp3) is 0.429. The van der Waals surface area contributed by atoms with Crippen LogP contribution in [0.25, 0.3) is 10.4 Å². The zero-order valence-corrected chi connectivity index (χ0v) is 24.6. The van der Waals surface area contributed by atoms with E-state index in [-0.39, 0.29) is 35.8 Å². The van der Waals surface area contributed by atoms with E-state index < -0.39 is 35.4 Å². The van der Waals surface area contributed by atoms with Gasteiger partial charge in [0.15, 0.2) is 0 Å². The van der Waals surface area contributed by atoms with Gasteiger partial charge < -0.3 is 20.6 Å². The minimum Gasteiger partial charge on any atom is -0.391 e. The summed E-state index contributed by atoms with van der Waals surface area (Å²) in [5.41, 5.74) is 4.04. The van der Waals surface area contributed by atoms with Gasteiger partial charge in [0.2, 0.25) is 11.8 Å². The van der Waals surface area contributed by atoms with E-state index in [0.29, 0.717) is 0 Å². The first-order valence-electron chi connectivity index (χ1n) is 12.9. The van der Waals surface area contributed by atoms with E-state index in [9.17, 15) is 19.5 Å². The van der Waals surface area contributed by atoms with Crippen molar-refractivity contribution in [3.05, 3.63) is 64.3 Å². The molecule has 3 aromatic rings. The number of thiazole rings is 1. The van der Waals surface area contributed by atoms with E-state index in [1.54, 1.807) is 11.3 Å². The minimum absolute atomic E-state index is 0.00699. The van der Waals surface area contributed by atoms with Crippen LogP contribution in [-0.2, 0) is 9.59 Å². The van der Waals surface area contributed by atoms with Crippen LogP contribution in [0.4, 0.5) is 0 Å². The summed E-state index contributed by atoms with van der Waals surface area (Å²) >= 11 is 7.34. The number of β-amino-alcohol motifs (C(OH)–C–C–N with tert-alkyl or cyclic N) is 1. The average Bonchev–Trinajstić information content (AvgIpc) is 3.52. The summed E-state index contributed by atoms with van der Waals surface area (Å²) in [5.74, 6) is -1.43. The van der Waals surface area contributed by atoms with Gasteiger partial charge in [0.05, 0.1) is 40.6 Å². The van der Waals surface area contributed by atoms with E-state index in [1.807, 2.05) is 64.4 Å². The number of aliphatic hydroxyl groups excluding tert-OH is 1. The number of aryl methyl sites for hydroxylation is 1. The third-order valence-electron chi connectivity index (χ3n) is 6.88. The molecule has 3 heterocycles. The highest BCUT2D eigenvalue weighted by atomic mass is 35.5. The van der Waals surface area contributed by atoms with Crippen molar-refractivity contribution < 1.29 is 19.5 Å². The van der Waals surface area contributed by atoms with E-state index >= 15 is 0 Å². The molecule has 1 aliphatic heterocycles. The summed E-state index contributed by atoms with van der Waals surface area (Å²) < 4.78 is 0. The van der Waals surface area contributed by atoms with Crippen LogP contribution < -0.4 is 10.6 Å². The van der Waals surface area contributed by atoms with Gasteiger partial charge >= 0.3 is 0 Å². The van der Waals surface area contributed by atoms with Gasteiger partial charge in [-0.05, 0) is 30.4 Å². The van der Waals surface area contributed by atoms with Gasteiger partial charge in [-0.3, -0.25) is 14.4 Å². The molecule has 3 N–H and O–H groups in total. The van der Waals surface area contributed by atoms with Gasteiger partial charge in [-0.1, -0.05) is 56.6 Å². The van der Waals surface area contributed by atoms with Gasteiger partial charge in [0, 0.05) is 13.0 Å². The average molecular weight is 585 g/mol. The lowest BCUT2D eigenvalue weighted by atomic mass is 9.85. The summed E-state index contributed by atoms with van der Waals surface area (Å²) in [6, 6.07) is 5.69. The molecule has 0 radical (unpaired) electrons. The van der Waals surface area contributed by atoms with E-state index in [4.69, 9.17) is 11.6 Å². The first-order chi connectivity index (χ1) is 18.8. The molecule has 10 nitrogen and oxygen atoms in total. The molecule has 0 aliphatic carbocycles. The maximum absolute atomic E-state index is 13.8. The highest BCUT2D eigenvalue weighted by molar-refractivity contribution is 7.13. The molecule has 2 aromatic heterocycles. The SMILES string of the molecule is Cc1ncsc1-c1ccc([C@H](C)NC(=O)[C@@H]2C[C@@H](O)CN2C(=O)[C@@H](NC(=O)c2cnc(Cl)cn2)C(C)(C)C)cc1. The van der Waals surface area contributed by atoms with Crippen molar-refractivity contribution in [2.75, 3.05) is 6.54 Å². The highest BCUT2D eigenvalue weighted by Crippen LogP contribution is 2.29. The van der Waals surface area contributed by atoms with E-state index in [0.717, 1.165) is 21.7 Å². The molecule has 1 saturated heterocycles. The monoisotopic (exact) mass is 584 g/mol. The Morgan fingerprint density at radius 1 is 1.10 bits per heavy atom. The Morgan fingerprint density at radius 3 is 2.38 bits per heavy atom. The predicted molar refractivity (Wildman–Crippen MR) is 153 cm³/mol. The molecular weight excluding hydrogens is 552 g/mol. The van der Waals surface area contributed by atoms with Crippen molar-refractivity contribution in [2.24, 2.45) is 5.41 Å². The summed E-state index contributed by atoms with van der Waals surface area (Å²) in [4.78, 5) is 54.6. The Bertz CT molecular complexity index is 1370. The molecule has 3 amide bonds. The van der Waals surface area contributed by atoms with Crippen LogP contribution >= 0.6 is 22.9 Å². The maximum Gasteiger partial charge on any atom is 0.272 e. The number of halogens is 1. The van der Waals surface area contributed by atoms with Crippen LogP contribution in [0, 0.1) is 12.3 Å². The summed E-state index contributed by atoms with van der Waals surface area (Å²) in [6.07, 6.45) is 1.71. The fourth-order valence-corrected chi connectivity index (χ4v) is 5.56. The molecule has 0 saturated carbocycles. The van der Waals surface area contributed by atoms with Crippen molar-refractivity contribution in [3.63, 3.8) is 0 Å². The van der Waals surface area contributed by atoms with Crippen molar-refractivity contribution >= 4 is 40.7 Å². The second-order valence-corrected chi connectivity index (χ2v) is 12.3. The lowest BCUT2D eigenvalue weighted by Gasteiger charge is -2.35. The standard InChI is InChI=1S/C28H33ClN6O4S/c1-15(17-6-8-18(9-7-17)23-16(2)32-14-40-23)33-26(38)21-10-19(36)13-35(21)27(39)24(28(3,4)5)34-25(37)20-11-31-22(29)12-30-20/h6-9,11-12,14-15,19,21,24,36H,10,13H2,1-5H3,(H,33,38)(H,34,37)/t15-,19+,21-,24+/m0/s1. The number of nitrogens with zero attached hydrogens (tertiary/aromatic N) is 4. The number of amides is 3. The quantitative estimate of drug-likeness (QED) is 0.386. The van der Waals surface area contributed by atoms with Crippen LogP contribution in [-0.4, -0.2) is 67.4 Å². The van der Waals surface area contributed by atoms with Crippen LogP contribution in [0.2, 0.25) is 5.15 Å². The number of hydrogen-bond donors (Lipinski definition) is 3. The minimum atomic E-state index is -0.988. The predicted octanol–water partition coefficient (Wildman–Crippen LogP) is 3.55. The van der Waals surface area contributed by atoms with Crippen molar-refractivity contribution in [1.82, 2.24) is 30.5 Å². The number of aliphatic hydroxyl groups is 1. The molecule has 0 spiro atoms. The number of hydrogen-bond acceptors (Lipinski definition) is 8. The zero-order valence-electron chi connectivity index (χ0n) is 23.0. The smallest absolute Gasteiger partial charge is 0.272 e. The molecule has 12 heteroatoms. The molecule has 1 aliphatic rings. The molecule has 40 heavy (non-hydrogen) atoms. The Hall–Kier alpha value is -3.41. The number of carbonyl (C=O) groups excluding carboxylic acids is 3. The van der Waals surface area contributed by atoms with Gasteiger partial charge in [-0.25, -0.2) is 15.0 Å². The van der Waals surface area contributed by atoms with Crippen LogP contribution in [0.1, 0.15) is 61.9 Å². The normalized spacial score (nSPS) is 18.7. The number of benzene rings is 1. The first-order valence-corrected chi connectivity index (χ1v) is 14.2. The molecule has 1 fully saturated rings. The third-order valence-corrected chi connectivity index (χ3v) is 8.06. The third kappa shape index (κ3) is 6.65. The Morgan fingerprint density at radius 2 is 1.80 bits per heavy atom. The molecule has 212 valence electrons. The van der Waals surface area contributed by atoms with Crippen LogP contribution in [0.15, 0.2) is 42.2 Å². The van der Waals surface area contributed by atoms with Gasteiger partial charge in [0.25, 0.3) is 5.91 Å². The molecule has 0 unspecified atom stereocenters. The number of aromatic nitrogens is 3. The van der Waals surface area contributed by atoms with E-state index in [2.05, 4.69) is 25.6 Å². The number of nitrogens with one attached hydrogen (secondary N) is 2. The van der Waals surface area contributed by atoms with Crippen molar-refractivity contribution in [3.8, 4) is 10.4 Å². The summed E-state index contributed by atoms with van der Waals surface area (Å²) in [5, 5.41) is 16.3. The molecule has 4 atom stereocenters. The molecule has 1 aromatic carbocycles. The number of rotatable bonds is 7. The van der Waals surface area contributed by atoms with Gasteiger partial charge in [-0.15, -0.1) is 11.3 Å². The number of likely N-dealkylation sites (tertiary alicyclic amines) is 1. The highest BCUT2D eigenvalue weighted by Gasteiger charge is 2.44. The zero-order chi connectivity index (χ0) is 29.2. The lowest BCUT2D eigenvalue weighted by Crippen LogP contribution is -2.58. The second-order valence-electron chi connectivity index (χ2n) is 11.0. The Balaban J connectivity index is 1.47. The summed E-state index contributed by atoms with van der Waals surface area (Å²) in [7, 11) is 0. The Labute approximate surface area is 242 Å². The maximum atomic E-state index is 13.8. The first kappa shape index (κ1) is 29.6.